The molecule has 0 radical (unpaired) electrons. The fourth-order valence-electron chi connectivity index (χ4n) is 3.82. The molecule has 0 amide bonds. The molecule has 1 heterocycles. The molecule has 0 N–H and O–H groups in total. The second-order valence-corrected chi connectivity index (χ2v) is 8.69. The van der Waals surface area contributed by atoms with E-state index in [2.05, 4.69) is 80.3 Å². The number of rotatable bonds is 5. The number of benzene rings is 2. The van der Waals surface area contributed by atoms with E-state index in [-0.39, 0.29) is 5.41 Å². The van der Waals surface area contributed by atoms with Crippen LogP contribution in [-0.4, -0.2) is 18.0 Å². The lowest BCUT2D eigenvalue weighted by atomic mass is 9.85. The normalized spacial score (nSPS) is 16.9. The van der Waals surface area contributed by atoms with Gasteiger partial charge in [0.05, 0.1) is 0 Å². The van der Waals surface area contributed by atoms with Gasteiger partial charge in [0.25, 0.3) is 0 Å². The van der Waals surface area contributed by atoms with E-state index in [0.29, 0.717) is 0 Å². The Balaban J connectivity index is 1.42. The third-order valence-corrected chi connectivity index (χ3v) is 5.62. The first kappa shape index (κ1) is 18.2. The van der Waals surface area contributed by atoms with Gasteiger partial charge in [-0.3, -0.25) is 4.90 Å². The van der Waals surface area contributed by atoms with E-state index in [1.165, 1.54) is 55.5 Å². The molecule has 1 nitrogen and oxygen atoms in total. The molecule has 0 unspecified atom stereocenters. The van der Waals surface area contributed by atoms with Crippen molar-refractivity contribution in [1.82, 2.24) is 4.90 Å². The molecule has 0 atom stereocenters. The van der Waals surface area contributed by atoms with Crippen LogP contribution in [0.4, 0.5) is 0 Å². The summed E-state index contributed by atoms with van der Waals surface area (Å²) in [5.41, 5.74) is 4.63. The van der Waals surface area contributed by atoms with Crippen molar-refractivity contribution >= 4 is 0 Å². The van der Waals surface area contributed by atoms with Crippen LogP contribution in [0.25, 0.3) is 0 Å². The van der Waals surface area contributed by atoms with Gasteiger partial charge < -0.3 is 0 Å². The van der Waals surface area contributed by atoms with Crippen molar-refractivity contribution in [1.29, 1.82) is 0 Å². The maximum absolute atomic E-state index is 2.62. The van der Waals surface area contributed by atoms with Crippen LogP contribution in [0.15, 0.2) is 54.6 Å². The van der Waals surface area contributed by atoms with E-state index >= 15 is 0 Å². The van der Waals surface area contributed by atoms with Crippen LogP contribution >= 0.6 is 0 Å². The van der Waals surface area contributed by atoms with Crippen molar-refractivity contribution < 1.29 is 0 Å². The Kier molecular flexibility index (Phi) is 5.96. The lowest BCUT2D eigenvalue weighted by molar-refractivity contribution is 0.172. The fraction of sp³-hybridized carbons (Fsp3) is 0.500. The van der Waals surface area contributed by atoms with Gasteiger partial charge in [0.2, 0.25) is 0 Å². The fourth-order valence-corrected chi connectivity index (χ4v) is 3.82. The van der Waals surface area contributed by atoms with Crippen molar-refractivity contribution in [2.24, 2.45) is 5.92 Å². The van der Waals surface area contributed by atoms with Gasteiger partial charge >= 0.3 is 0 Å². The van der Waals surface area contributed by atoms with E-state index < -0.39 is 0 Å². The van der Waals surface area contributed by atoms with Gasteiger partial charge in [-0.25, -0.2) is 0 Å². The average Bonchev–Trinajstić information content (AvgIpc) is 2.62. The first-order chi connectivity index (χ1) is 12.0. The predicted molar refractivity (Wildman–Crippen MR) is 108 cm³/mol. The molecule has 1 fully saturated rings. The summed E-state index contributed by atoms with van der Waals surface area (Å²) in [7, 11) is 0. The van der Waals surface area contributed by atoms with Gasteiger partial charge in [0.1, 0.15) is 0 Å². The van der Waals surface area contributed by atoms with Crippen molar-refractivity contribution in [3.8, 4) is 0 Å². The Morgan fingerprint density at radius 2 is 1.48 bits per heavy atom. The third-order valence-electron chi connectivity index (χ3n) is 5.62. The highest BCUT2D eigenvalue weighted by molar-refractivity contribution is 5.27. The minimum atomic E-state index is 0.254. The predicted octanol–water partition coefficient (Wildman–Crippen LogP) is 5.83. The lowest BCUT2D eigenvalue weighted by Crippen LogP contribution is -2.33. The van der Waals surface area contributed by atoms with Gasteiger partial charge in [-0.05, 0) is 66.8 Å². The van der Waals surface area contributed by atoms with Crippen LogP contribution in [0.3, 0.4) is 0 Å². The van der Waals surface area contributed by atoms with Crippen LogP contribution in [-0.2, 0) is 18.4 Å². The quantitative estimate of drug-likeness (QED) is 0.664. The monoisotopic (exact) mass is 335 g/mol. The molecule has 1 aliphatic heterocycles. The average molecular weight is 336 g/mol. The zero-order valence-corrected chi connectivity index (χ0v) is 16.2. The van der Waals surface area contributed by atoms with E-state index in [9.17, 15) is 0 Å². The van der Waals surface area contributed by atoms with E-state index in [1.807, 2.05) is 0 Å². The molecule has 1 aliphatic rings. The van der Waals surface area contributed by atoms with Gasteiger partial charge in [0.15, 0.2) is 0 Å². The molecule has 0 bridgehead atoms. The standard InChI is InChI=1S/C24H33N/c1-24(2,3)23-13-11-20(12-14-23)9-10-21-15-17-25(18-16-21)19-22-7-5-4-6-8-22/h4-8,11-14,21H,9-10,15-19H2,1-3H3. The van der Waals surface area contributed by atoms with Gasteiger partial charge in [0, 0.05) is 6.54 Å². The molecule has 2 aromatic rings. The minimum Gasteiger partial charge on any atom is -0.299 e. The number of hydrogen-bond donors (Lipinski definition) is 0. The molecule has 0 saturated carbocycles. The molecular formula is C24H33N. The Morgan fingerprint density at radius 3 is 2.08 bits per heavy atom. The van der Waals surface area contributed by atoms with Crippen LogP contribution in [0, 0.1) is 5.92 Å². The minimum absolute atomic E-state index is 0.254. The number of piperidine rings is 1. The van der Waals surface area contributed by atoms with Crippen molar-refractivity contribution in [3.63, 3.8) is 0 Å². The molecule has 1 saturated heterocycles. The maximum Gasteiger partial charge on any atom is 0.0233 e. The summed E-state index contributed by atoms with van der Waals surface area (Å²) >= 11 is 0. The number of likely N-dealkylation sites (tertiary alicyclic amines) is 1. The zero-order chi connectivity index (χ0) is 17.7. The molecule has 2 aromatic carbocycles. The molecule has 0 aliphatic carbocycles. The number of nitrogens with zero attached hydrogens (tertiary/aromatic N) is 1. The van der Waals surface area contributed by atoms with E-state index in [4.69, 9.17) is 0 Å². The third kappa shape index (κ3) is 5.44. The molecule has 1 heteroatoms. The van der Waals surface area contributed by atoms with E-state index in [0.717, 1.165) is 12.5 Å². The van der Waals surface area contributed by atoms with Crippen molar-refractivity contribution in [2.45, 2.75) is 58.4 Å². The summed E-state index contributed by atoms with van der Waals surface area (Å²) in [5.74, 6) is 0.898. The van der Waals surface area contributed by atoms with Gasteiger partial charge in [-0.15, -0.1) is 0 Å². The Hall–Kier alpha value is -1.60. The highest BCUT2D eigenvalue weighted by atomic mass is 15.1. The first-order valence-corrected chi connectivity index (χ1v) is 9.86. The van der Waals surface area contributed by atoms with Gasteiger partial charge in [-0.2, -0.15) is 0 Å². The Labute approximate surface area is 154 Å². The maximum atomic E-state index is 2.62. The number of aryl methyl sites for hydroxylation is 1. The summed E-state index contributed by atoms with van der Waals surface area (Å²) in [6.45, 7) is 10.5. The number of hydrogen-bond acceptors (Lipinski definition) is 1. The molecule has 0 aromatic heterocycles. The highest BCUT2D eigenvalue weighted by Crippen LogP contribution is 2.25. The Morgan fingerprint density at radius 1 is 0.840 bits per heavy atom. The van der Waals surface area contributed by atoms with Crippen LogP contribution in [0.5, 0.6) is 0 Å². The van der Waals surface area contributed by atoms with Gasteiger partial charge in [-0.1, -0.05) is 75.4 Å². The molecule has 25 heavy (non-hydrogen) atoms. The SMILES string of the molecule is CC(C)(C)c1ccc(CCC2CCN(Cc3ccccc3)CC2)cc1. The topological polar surface area (TPSA) is 3.24 Å². The first-order valence-electron chi connectivity index (χ1n) is 9.86. The van der Waals surface area contributed by atoms with E-state index in [1.54, 1.807) is 0 Å². The van der Waals surface area contributed by atoms with Crippen molar-refractivity contribution in [2.75, 3.05) is 13.1 Å². The summed E-state index contributed by atoms with van der Waals surface area (Å²) in [5, 5.41) is 0. The molecular weight excluding hydrogens is 302 g/mol. The van der Waals surface area contributed by atoms with Crippen LogP contribution in [0.1, 0.15) is 56.7 Å². The van der Waals surface area contributed by atoms with Crippen LogP contribution < -0.4 is 0 Å². The second-order valence-electron chi connectivity index (χ2n) is 8.69. The molecule has 0 spiro atoms. The summed E-state index contributed by atoms with van der Waals surface area (Å²) in [4.78, 5) is 2.62. The smallest absolute Gasteiger partial charge is 0.0233 e. The summed E-state index contributed by atoms with van der Waals surface area (Å²) in [6.07, 6.45) is 5.28. The molecule has 3 rings (SSSR count). The lowest BCUT2D eigenvalue weighted by Gasteiger charge is -2.32. The summed E-state index contributed by atoms with van der Waals surface area (Å²) in [6, 6.07) is 20.2. The van der Waals surface area contributed by atoms with Crippen LogP contribution in [0.2, 0.25) is 0 Å². The largest absolute Gasteiger partial charge is 0.299 e. The van der Waals surface area contributed by atoms with Crippen molar-refractivity contribution in [3.05, 3.63) is 71.3 Å². The zero-order valence-electron chi connectivity index (χ0n) is 16.2. The summed E-state index contributed by atoms with van der Waals surface area (Å²) < 4.78 is 0. The second kappa shape index (κ2) is 8.19. The highest BCUT2D eigenvalue weighted by Gasteiger charge is 2.19. The molecule has 134 valence electrons. The Bertz CT molecular complexity index is 628.